The molecule has 0 spiro atoms. The molecule has 1 atom stereocenters. The summed E-state index contributed by atoms with van der Waals surface area (Å²) in [4.78, 5) is 13.0. The first kappa shape index (κ1) is 11.7. The number of amides is 1. The van der Waals surface area contributed by atoms with Gasteiger partial charge in [-0.2, -0.15) is 0 Å². The predicted octanol–water partition coefficient (Wildman–Crippen LogP) is 0.852. The number of benzene rings is 1. The number of nitrogens with two attached hydrogens (primary N) is 1. The van der Waals surface area contributed by atoms with Crippen molar-refractivity contribution in [2.75, 3.05) is 25.4 Å². The zero-order valence-corrected chi connectivity index (χ0v) is 9.76. The summed E-state index contributed by atoms with van der Waals surface area (Å²) in [5.74, 6) is 0.690. The number of anilines is 1. The number of hydrogen-bond acceptors (Lipinski definition) is 4. The highest BCUT2D eigenvalue weighted by molar-refractivity contribution is 5.73. The first-order valence-corrected chi connectivity index (χ1v) is 5.54. The molecule has 1 amide bonds. The number of hydrogen-bond donors (Lipinski definition) is 1. The molecule has 5 nitrogen and oxygen atoms in total. The van der Waals surface area contributed by atoms with E-state index >= 15 is 0 Å². The molecular weight excluding hydrogens is 220 g/mol. The Bertz CT molecular complexity index is 408. The lowest BCUT2D eigenvalue weighted by Gasteiger charge is -2.32. The molecule has 1 unspecified atom stereocenters. The van der Waals surface area contributed by atoms with Crippen LogP contribution in [0.5, 0.6) is 5.75 Å². The number of nitrogens with zero attached hydrogens (tertiary/aromatic N) is 1. The van der Waals surface area contributed by atoms with E-state index in [1.807, 2.05) is 12.1 Å². The van der Waals surface area contributed by atoms with E-state index in [0.717, 1.165) is 0 Å². The highest BCUT2D eigenvalue weighted by Gasteiger charge is 2.23. The van der Waals surface area contributed by atoms with Gasteiger partial charge in [0.25, 0.3) is 0 Å². The summed E-state index contributed by atoms with van der Waals surface area (Å²) in [6, 6.07) is 7.15. The van der Waals surface area contributed by atoms with Gasteiger partial charge in [0.15, 0.2) is 0 Å². The van der Waals surface area contributed by atoms with Crippen LogP contribution in [0.3, 0.4) is 0 Å². The second kappa shape index (κ2) is 5.05. The van der Waals surface area contributed by atoms with Gasteiger partial charge in [0, 0.05) is 25.2 Å². The Labute approximate surface area is 100 Å². The summed E-state index contributed by atoms with van der Waals surface area (Å²) < 4.78 is 11.1. The van der Waals surface area contributed by atoms with Gasteiger partial charge < -0.3 is 20.1 Å². The third-order valence-corrected chi connectivity index (χ3v) is 2.61. The van der Waals surface area contributed by atoms with Crippen LogP contribution < -0.4 is 10.5 Å². The number of carbonyl (C=O) groups excluding carboxylic acids is 1. The van der Waals surface area contributed by atoms with Gasteiger partial charge in [0.05, 0.1) is 13.2 Å². The zero-order chi connectivity index (χ0) is 12.3. The Balaban J connectivity index is 1.97. The SMILES string of the molecule is CC(=O)N1CCOC(Oc2cccc(N)c2)C1. The predicted molar refractivity (Wildman–Crippen MR) is 63.5 cm³/mol. The molecule has 1 saturated heterocycles. The van der Waals surface area contributed by atoms with Crippen LogP contribution in [0.2, 0.25) is 0 Å². The molecule has 1 heterocycles. The van der Waals surface area contributed by atoms with Crippen molar-refractivity contribution in [3.05, 3.63) is 24.3 Å². The largest absolute Gasteiger partial charge is 0.463 e. The average molecular weight is 236 g/mol. The van der Waals surface area contributed by atoms with Crippen molar-refractivity contribution in [2.45, 2.75) is 13.2 Å². The highest BCUT2D eigenvalue weighted by atomic mass is 16.7. The van der Waals surface area contributed by atoms with E-state index in [0.29, 0.717) is 31.1 Å². The van der Waals surface area contributed by atoms with Crippen molar-refractivity contribution in [3.8, 4) is 5.75 Å². The van der Waals surface area contributed by atoms with Gasteiger partial charge in [-0.3, -0.25) is 4.79 Å². The minimum absolute atomic E-state index is 0.0366. The molecule has 17 heavy (non-hydrogen) atoms. The summed E-state index contributed by atoms with van der Waals surface area (Å²) in [5.41, 5.74) is 6.29. The van der Waals surface area contributed by atoms with Crippen molar-refractivity contribution in [2.24, 2.45) is 0 Å². The van der Waals surface area contributed by atoms with Crippen LogP contribution in [0, 0.1) is 0 Å². The van der Waals surface area contributed by atoms with E-state index in [-0.39, 0.29) is 5.91 Å². The minimum atomic E-state index is -0.422. The van der Waals surface area contributed by atoms with Crippen LogP contribution in [-0.4, -0.2) is 36.8 Å². The number of ether oxygens (including phenoxy) is 2. The fourth-order valence-corrected chi connectivity index (χ4v) is 1.72. The van der Waals surface area contributed by atoms with Gasteiger partial charge in [-0.15, -0.1) is 0 Å². The molecule has 1 aliphatic rings. The molecule has 2 N–H and O–H groups in total. The van der Waals surface area contributed by atoms with Crippen molar-refractivity contribution < 1.29 is 14.3 Å². The van der Waals surface area contributed by atoms with E-state index in [4.69, 9.17) is 15.2 Å². The summed E-state index contributed by atoms with van der Waals surface area (Å²) in [6.45, 7) is 3.10. The Hall–Kier alpha value is -1.75. The van der Waals surface area contributed by atoms with Crippen molar-refractivity contribution in [1.82, 2.24) is 4.90 Å². The van der Waals surface area contributed by atoms with Crippen LogP contribution in [-0.2, 0) is 9.53 Å². The van der Waals surface area contributed by atoms with Crippen molar-refractivity contribution in [1.29, 1.82) is 0 Å². The normalized spacial score (nSPS) is 20.1. The lowest BCUT2D eigenvalue weighted by atomic mass is 10.3. The third-order valence-electron chi connectivity index (χ3n) is 2.61. The summed E-state index contributed by atoms with van der Waals surface area (Å²) in [7, 11) is 0. The highest BCUT2D eigenvalue weighted by Crippen LogP contribution is 2.18. The monoisotopic (exact) mass is 236 g/mol. The number of nitrogen functional groups attached to an aromatic ring is 1. The molecule has 0 aliphatic carbocycles. The third kappa shape index (κ3) is 3.10. The second-order valence-electron chi connectivity index (χ2n) is 3.96. The lowest BCUT2D eigenvalue weighted by Crippen LogP contribution is -2.46. The second-order valence-corrected chi connectivity index (χ2v) is 3.96. The van der Waals surface area contributed by atoms with Gasteiger partial charge in [-0.25, -0.2) is 0 Å². The Morgan fingerprint density at radius 3 is 3.12 bits per heavy atom. The molecular formula is C12H16N2O3. The van der Waals surface area contributed by atoms with Gasteiger partial charge in [-0.1, -0.05) is 6.07 Å². The Kier molecular flexibility index (Phi) is 3.49. The maximum absolute atomic E-state index is 11.2. The Morgan fingerprint density at radius 1 is 1.59 bits per heavy atom. The molecule has 0 bridgehead atoms. The molecule has 1 fully saturated rings. The van der Waals surface area contributed by atoms with Crippen molar-refractivity contribution in [3.63, 3.8) is 0 Å². The van der Waals surface area contributed by atoms with Gasteiger partial charge >= 0.3 is 0 Å². The van der Waals surface area contributed by atoms with Crippen LogP contribution in [0.25, 0.3) is 0 Å². The minimum Gasteiger partial charge on any atom is -0.463 e. The van der Waals surface area contributed by atoms with E-state index in [9.17, 15) is 4.79 Å². The van der Waals surface area contributed by atoms with Crippen LogP contribution >= 0.6 is 0 Å². The number of rotatable bonds is 2. The molecule has 1 aromatic rings. The van der Waals surface area contributed by atoms with Crippen LogP contribution in [0.4, 0.5) is 5.69 Å². The van der Waals surface area contributed by atoms with Gasteiger partial charge in [0.2, 0.25) is 12.2 Å². The molecule has 1 aromatic carbocycles. The maximum atomic E-state index is 11.2. The fraction of sp³-hybridized carbons (Fsp3) is 0.417. The van der Waals surface area contributed by atoms with Crippen LogP contribution in [0.1, 0.15) is 6.92 Å². The van der Waals surface area contributed by atoms with Gasteiger partial charge in [0.1, 0.15) is 5.75 Å². The number of morpholine rings is 1. The lowest BCUT2D eigenvalue weighted by molar-refractivity contribution is -0.155. The van der Waals surface area contributed by atoms with Crippen molar-refractivity contribution >= 4 is 11.6 Å². The van der Waals surface area contributed by atoms with E-state index in [1.165, 1.54) is 0 Å². The molecule has 2 rings (SSSR count). The molecule has 0 saturated carbocycles. The van der Waals surface area contributed by atoms with E-state index in [1.54, 1.807) is 24.0 Å². The quantitative estimate of drug-likeness (QED) is 0.773. The van der Waals surface area contributed by atoms with Crippen LogP contribution in [0.15, 0.2) is 24.3 Å². The molecule has 0 radical (unpaired) electrons. The topological polar surface area (TPSA) is 64.8 Å². The smallest absolute Gasteiger partial charge is 0.219 e. The first-order chi connectivity index (χ1) is 8.15. The molecule has 1 aliphatic heterocycles. The standard InChI is InChI=1S/C12H16N2O3/c1-9(15)14-5-6-16-12(8-14)17-11-4-2-3-10(13)7-11/h2-4,7,12H,5-6,8,13H2,1H3. The zero-order valence-electron chi connectivity index (χ0n) is 9.76. The molecule has 0 aromatic heterocycles. The molecule has 5 heteroatoms. The first-order valence-electron chi connectivity index (χ1n) is 5.54. The summed E-state index contributed by atoms with van der Waals surface area (Å²) in [6.07, 6.45) is -0.422. The number of carbonyl (C=O) groups is 1. The van der Waals surface area contributed by atoms with E-state index < -0.39 is 6.29 Å². The maximum Gasteiger partial charge on any atom is 0.219 e. The van der Waals surface area contributed by atoms with Gasteiger partial charge in [-0.05, 0) is 12.1 Å². The summed E-state index contributed by atoms with van der Waals surface area (Å²) >= 11 is 0. The Morgan fingerprint density at radius 2 is 2.41 bits per heavy atom. The molecule has 92 valence electrons. The average Bonchev–Trinajstić information content (AvgIpc) is 2.29. The summed E-state index contributed by atoms with van der Waals surface area (Å²) in [5, 5.41) is 0. The fourth-order valence-electron chi connectivity index (χ4n) is 1.72. The van der Waals surface area contributed by atoms with E-state index in [2.05, 4.69) is 0 Å².